The highest BCUT2D eigenvalue weighted by molar-refractivity contribution is 6.32. The number of ether oxygens (including phenoxy) is 1. The van der Waals surface area contributed by atoms with Gasteiger partial charge in [0.05, 0.1) is 23.4 Å². The van der Waals surface area contributed by atoms with Crippen LogP contribution in [0.3, 0.4) is 0 Å². The van der Waals surface area contributed by atoms with Crippen LogP contribution in [-0.4, -0.2) is 41.3 Å². The molecule has 0 atom stereocenters. The molecule has 2 rings (SSSR count). The molecule has 0 aliphatic heterocycles. The predicted molar refractivity (Wildman–Crippen MR) is 83.0 cm³/mol. The van der Waals surface area contributed by atoms with Crippen molar-refractivity contribution in [3.8, 4) is 5.75 Å². The number of hydrogen-bond donors (Lipinski definition) is 2. The molecule has 1 aliphatic carbocycles. The van der Waals surface area contributed by atoms with Gasteiger partial charge in [-0.25, -0.2) is 4.79 Å². The normalized spacial score (nSPS) is 14.1. The molecule has 0 radical (unpaired) electrons. The summed E-state index contributed by atoms with van der Waals surface area (Å²) in [5, 5.41) is 12.4. The van der Waals surface area contributed by atoms with Gasteiger partial charge >= 0.3 is 6.03 Å². The van der Waals surface area contributed by atoms with Gasteiger partial charge in [0.2, 0.25) is 0 Å². The molecule has 1 aliphatic rings. The molecule has 0 bridgehead atoms. The summed E-state index contributed by atoms with van der Waals surface area (Å²) >= 11 is 6.14. The molecule has 6 heteroatoms. The third kappa shape index (κ3) is 4.25. The molecular formula is C15H21ClN2O3. The Bertz CT molecular complexity index is 504. The number of anilines is 1. The molecular weight excluding hydrogens is 292 g/mol. The lowest BCUT2D eigenvalue weighted by molar-refractivity contribution is 0.185. The lowest BCUT2D eigenvalue weighted by atomic mass is 10.3. The lowest BCUT2D eigenvalue weighted by Crippen LogP contribution is -2.38. The van der Waals surface area contributed by atoms with Crippen molar-refractivity contribution in [2.75, 3.05) is 18.5 Å². The maximum absolute atomic E-state index is 12.3. The van der Waals surface area contributed by atoms with Gasteiger partial charge in [-0.3, -0.25) is 0 Å². The minimum absolute atomic E-state index is 0.0440. The molecule has 1 aromatic rings. The number of urea groups is 1. The molecule has 0 unspecified atom stereocenters. The molecule has 116 valence electrons. The van der Waals surface area contributed by atoms with Crippen LogP contribution in [-0.2, 0) is 0 Å². The largest absolute Gasteiger partial charge is 0.487 e. The average molecular weight is 313 g/mol. The van der Waals surface area contributed by atoms with Crippen molar-refractivity contribution in [3.05, 3.63) is 23.2 Å². The van der Waals surface area contributed by atoms with E-state index in [0.717, 1.165) is 12.8 Å². The first-order chi connectivity index (χ1) is 10.0. The van der Waals surface area contributed by atoms with Crippen LogP contribution in [0.2, 0.25) is 5.02 Å². The predicted octanol–water partition coefficient (Wildman–Crippen LogP) is 3.12. The van der Waals surface area contributed by atoms with E-state index < -0.39 is 0 Å². The molecule has 2 amide bonds. The first-order valence-electron chi connectivity index (χ1n) is 7.16. The Balaban J connectivity index is 2.14. The van der Waals surface area contributed by atoms with E-state index >= 15 is 0 Å². The number of carbonyl (C=O) groups excluding carboxylic acids is 1. The second-order valence-electron chi connectivity index (χ2n) is 5.36. The minimum Gasteiger partial charge on any atom is -0.487 e. The Kier molecular flexibility index (Phi) is 5.31. The van der Waals surface area contributed by atoms with Gasteiger partial charge in [-0.15, -0.1) is 0 Å². The van der Waals surface area contributed by atoms with Crippen LogP contribution in [0.5, 0.6) is 5.75 Å². The molecule has 0 heterocycles. The zero-order valence-corrected chi connectivity index (χ0v) is 13.1. The number of benzene rings is 1. The fraction of sp³-hybridized carbons (Fsp3) is 0.533. The van der Waals surface area contributed by atoms with Crippen molar-refractivity contribution in [3.63, 3.8) is 0 Å². The van der Waals surface area contributed by atoms with Crippen LogP contribution in [0, 0.1) is 0 Å². The lowest BCUT2D eigenvalue weighted by Gasteiger charge is -2.23. The Labute approximate surface area is 129 Å². The highest BCUT2D eigenvalue weighted by Crippen LogP contribution is 2.34. The molecule has 1 saturated carbocycles. The SMILES string of the molecule is CC(C)Oc1c(Cl)cccc1NC(=O)N(CCO)C1CC1. The van der Waals surface area contributed by atoms with Gasteiger partial charge in [0.25, 0.3) is 0 Å². The van der Waals surface area contributed by atoms with E-state index in [2.05, 4.69) is 5.32 Å². The van der Waals surface area contributed by atoms with Crippen molar-refractivity contribution in [1.82, 2.24) is 4.90 Å². The maximum Gasteiger partial charge on any atom is 0.322 e. The van der Waals surface area contributed by atoms with Gasteiger partial charge in [0.1, 0.15) is 0 Å². The molecule has 0 aromatic heterocycles. The Morgan fingerprint density at radius 1 is 1.52 bits per heavy atom. The highest BCUT2D eigenvalue weighted by atomic mass is 35.5. The number of rotatable bonds is 6. The maximum atomic E-state index is 12.3. The van der Waals surface area contributed by atoms with E-state index in [9.17, 15) is 4.79 Å². The standard InChI is InChI=1S/C15H21ClN2O3/c1-10(2)21-14-12(16)4-3-5-13(14)17-15(20)18(8-9-19)11-6-7-11/h3-5,10-11,19H,6-9H2,1-2H3,(H,17,20). The zero-order valence-electron chi connectivity index (χ0n) is 12.3. The van der Waals surface area contributed by atoms with Gasteiger partial charge in [-0.05, 0) is 38.8 Å². The van der Waals surface area contributed by atoms with E-state index in [1.54, 1.807) is 23.1 Å². The van der Waals surface area contributed by atoms with Crippen molar-refractivity contribution in [2.24, 2.45) is 0 Å². The Hall–Kier alpha value is -1.46. The Morgan fingerprint density at radius 2 is 2.24 bits per heavy atom. The number of aliphatic hydroxyl groups is 1. The average Bonchev–Trinajstić information content (AvgIpc) is 3.24. The van der Waals surface area contributed by atoms with Gasteiger partial charge in [-0.1, -0.05) is 17.7 Å². The summed E-state index contributed by atoms with van der Waals surface area (Å²) in [6.45, 7) is 4.08. The molecule has 1 aromatic carbocycles. The minimum atomic E-state index is -0.234. The third-order valence-electron chi connectivity index (χ3n) is 3.15. The molecule has 0 spiro atoms. The van der Waals surface area contributed by atoms with Crippen LogP contribution in [0.1, 0.15) is 26.7 Å². The number of hydrogen-bond acceptors (Lipinski definition) is 3. The summed E-state index contributed by atoms with van der Waals surface area (Å²) in [5.74, 6) is 0.474. The molecule has 0 saturated heterocycles. The second-order valence-corrected chi connectivity index (χ2v) is 5.77. The van der Waals surface area contributed by atoms with E-state index in [0.29, 0.717) is 23.0 Å². The zero-order chi connectivity index (χ0) is 15.4. The first-order valence-corrected chi connectivity index (χ1v) is 7.54. The van der Waals surface area contributed by atoms with Crippen LogP contribution in [0.15, 0.2) is 18.2 Å². The van der Waals surface area contributed by atoms with Crippen molar-refractivity contribution in [2.45, 2.75) is 38.8 Å². The molecule has 2 N–H and O–H groups in total. The Morgan fingerprint density at radius 3 is 2.81 bits per heavy atom. The fourth-order valence-corrected chi connectivity index (χ4v) is 2.31. The summed E-state index contributed by atoms with van der Waals surface area (Å²) in [6, 6.07) is 5.24. The smallest absolute Gasteiger partial charge is 0.322 e. The monoisotopic (exact) mass is 312 g/mol. The van der Waals surface area contributed by atoms with Gasteiger partial charge in [-0.2, -0.15) is 0 Å². The fourth-order valence-electron chi connectivity index (χ4n) is 2.09. The molecule has 21 heavy (non-hydrogen) atoms. The second kappa shape index (κ2) is 7.00. The van der Waals surface area contributed by atoms with Gasteiger partial charge in [0, 0.05) is 12.6 Å². The van der Waals surface area contributed by atoms with Gasteiger partial charge < -0.3 is 20.1 Å². The van der Waals surface area contributed by atoms with Crippen molar-refractivity contribution < 1.29 is 14.6 Å². The number of aliphatic hydroxyl groups excluding tert-OH is 1. The van der Waals surface area contributed by atoms with Crippen LogP contribution in [0.25, 0.3) is 0 Å². The topological polar surface area (TPSA) is 61.8 Å². The highest BCUT2D eigenvalue weighted by Gasteiger charge is 2.32. The summed E-state index contributed by atoms with van der Waals surface area (Å²) < 4.78 is 5.68. The van der Waals surface area contributed by atoms with E-state index in [4.69, 9.17) is 21.4 Å². The number of amides is 2. The number of nitrogens with one attached hydrogen (secondary N) is 1. The van der Waals surface area contributed by atoms with Crippen LogP contribution >= 0.6 is 11.6 Å². The summed E-state index contributed by atoms with van der Waals surface area (Å²) in [5.41, 5.74) is 0.546. The van der Waals surface area contributed by atoms with Crippen molar-refractivity contribution in [1.29, 1.82) is 0 Å². The third-order valence-corrected chi connectivity index (χ3v) is 3.45. The van der Waals surface area contributed by atoms with E-state index in [1.807, 2.05) is 13.8 Å². The van der Waals surface area contributed by atoms with Gasteiger partial charge in [0.15, 0.2) is 5.75 Å². The number of halogens is 1. The molecule has 5 nitrogen and oxygen atoms in total. The van der Waals surface area contributed by atoms with Crippen molar-refractivity contribution >= 4 is 23.3 Å². The quantitative estimate of drug-likeness (QED) is 0.848. The number of carbonyl (C=O) groups is 1. The summed E-state index contributed by atoms with van der Waals surface area (Å²) in [6.07, 6.45) is 1.92. The molecule has 1 fully saturated rings. The van der Waals surface area contributed by atoms with E-state index in [1.165, 1.54) is 0 Å². The van der Waals surface area contributed by atoms with Crippen LogP contribution < -0.4 is 10.1 Å². The summed E-state index contributed by atoms with van der Waals surface area (Å²) in [7, 11) is 0. The summed E-state index contributed by atoms with van der Waals surface area (Å²) in [4.78, 5) is 14.0. The first kappa shape index (κ1) is 15.9. The van der Waals surface area contributed by atoms with Crippen LogP contribution in [0.4, 0.5) is 10.5 Å². The number of para-hydroxylation sites is 1. The number of nitrogens with zero attached hydrogens (tertiary/aromatic N) is 1. The van der Waals surface area contributed by atoms with E-state index in [-0.39, 0.29) is 24.8 Å².